The van der Waals surface area contributed by atoms with Gasteiger partial charge in [-0.3, -0.25) is 9.59 Å². The number of Topliss-reactive ketones (excluding diaryl/α,β-unsaturated/α-hetero) is 1. The molecule has 0 aliphatic rings. The van der Waals surface area contributed by atoms with E-state index < -0.39 is 5.97 Å². The number of hydrogen-bond acceptors (Lipinski definition) is 3. The van der Waals surface area contributed by atoms with Crippen LogP contribution in [-0.4, -0.2) is 22.6 Å². The summed E-state index contributed by atoms with van der Waals surface area (Å²) in [5.74, 6) is 0.139. The first-order valence-corrected chi connectivity index (χ1v) is 5.99. The van der Waals surface area contributed by atoms with Crippen molar-refractivity contribution in [2.45, 2.75) is 24.7 Å². The highest BCUT2D eigenvalue weighted by atomic mass is 32.2. The first-order chi connectivity index (χ1) is 7.58. The first-order valence-electron chi connectivity index (χ1n) is 5.01. The van der Waals surface area contributed by atoms with E-state index in [2.05, 4.69) is 0 Å². The molecule has 86 valence electrons. The lowest BCUT2D eigenvalue weighted by atomic mass is 10.2. The minimum Gasteiger partial charge on any atom is -0.481 e. The molecule has 0 unspecified atom stereocenters. The molecule has 16 heavy (non-hydrogen) atoms. The van der Waals surface area contributed by atoms with Gasteiger partial charge in [0.15, 0.2) is 0 Å². The Bertz CT molecular complexity index is 370. The zero-order valence-electron chi connectivity index (χ0n) is 9.10. The summed E-state index contributed by atoms with van der Waals surface area (Å²) < 4.78 is 0. The number of aliphatic carboxylic acids is 1. The molecule has 1 N–H and O–H groups in total. The second-order valence-electron chi connectivity index (χ2n) is 3.51. The van der Waals surface area contributed by atoms with Crippen LogP contribution in [0.1, 0.15) is 18.9 Å². The number of carboxylic acid groups (broad SMARTS) is 1. The van der Waals surface area contributed by atoms with Crippen molar-refractivity contribution in [3.05, 3.63) is 29.8 Å². The van der Waals surface area contributed by atoms with Crippen molar-refractivity contribution in [1.82, 2.24) is 0 Å². The molecule has 0 saturated carbocycles. The summed E-state index contributed by atoms with van der Waals surface area (Å²) in [5.41, 5.74) is 0.795. The van der Waals surface area contributed by atoms with Crippen molar-refractivity contribution >= 4 is 23.5 Å². The highest BCUT2D eigenvalue weighted by Gasteiger charge is 2.01. The van der Waals surface area contributed by atoms with Gasteiger partial charge in [-0.05, 0) is 24.6 Å². The van der Waals surface area contributed by atoms with Crippen LogP contribution < -0.4 is 0 Å². The third-order valence-corrected chi connectivity index (χ3v) is 3.02. The smallest absolute Gasteiger partial charge is 0.307 e. The van der Waals surface area contributed by atoms with E-state index in [1.54, 1.807) is 18.7 Å². The number of carbonyl (C=O) groups is 2. The lowest BCUT2D eigenvalue weighted by Crippen LogP contribution is -1.99. The maximum Gasteiger partial charge on any atom is 0.307 e. The fourth-order valence-electron chi connectivity index (χ4n) is 1.19. The van der Waals surface area contributed by atoms with Crippen molar-refractivity contribution in [2.24, 2.45) is 0 Å². The van der Waals surface area contributed by atoms with Crippen LogP contribution in [-0.2, 0) is 16.0 Å². The molecule has 1 aromatic rings. The van der Waals surface area contributed by atoms with Crippen LogP contribution in [0.5, 0.6) is 0 Å². The van der Waals surface area contributed by atoms with Crippen LogP contribution in [0.3, 0.4) is 0 Å². The minimum atomic E-state index is -0.822. The molecule has 0 amide bonds. The van der Waals surface area contributed by atoms with Gasteiger partial charge in [0.2, 0.25) is 0 Å². The molecule has 1 rings (SSSR count). The van der Waals surface area contributed by atoms with Crippen molar-refractivity contribution in [3.8, 4) is 0 Å². The van der Waals surface area contributed by atoms with Gasteiger partial charge in [-0.15, -0.1) is 11.8 Å². The number of hydrogen-bond donors (Lipinski definition) is 1. The fraction of sp³-hybridized carbons (Fsp3) is 0.333. The average molecular weight is 238 g/mol. The van der Waals surface area contributed by atoms with Crippen LogP contribution in [0.2, 0.25) is 0 Å². The van der Waals surface area contributed by atoms with Gasteiger partial charge in [0.25, 0.3) is 0 Å². The van der Waals surface area contributed by atoms with E-state index in [0.29, 0.717) is 6.42 Å². The number of benzene rings is 1. The quantitative estimate of drug-likeness (QED) is 0.773. The third-order valence-electron chi connectivity index (χ3n) is 2.00. The third kappa shape index (κ3) is 4.98. The zero-order valence-corrected chi connectivity index (χ0v) is 9.92. The summed E-state index contributed by atoms with van der Waals surface area (Å²) in [6.45, 7) is 1.58. The monoisotopic (exact) mass is 238 g/mol. The Labute approximate surface area is 98.9 Å². The molecule has 1 aromatic carbocycles. The molecule has 0 atom stereocenters. The molecule has 0 aromatic heterocycles. The number of carboxylic acids is 1. The van der Waals surface area contributed by atoms with Crippen LogP contribution in [0.25, 0.3) is 0 Å². The topological polar surface area (TPSA) is 54.4 Å². The standard InChI is InChI=1S/C12H14O3S/c1-9(13)6-7-16-11-4-2-10(3-5-11)8-12(14)15/h2-5H,6-8H2,1H3,(H,14,15). The summed E-state index contributed by atoms with van der Waals surface area (Å²) in [5, 5.41) is 8.60. The second-order valence-corrected chi connectivity index (χ2v) is 4.68. The molecule has 0 fully saturated rings. The van der Waals surface area contributed by atoms with Crippen molar-refractivity contribution in [2.75, 3.05) is 5.75 Å². The van der Waals surface area contributed by atoms with Crippen LogP contribution in [0, 0.1) is 0 Å². The second kappa shape index (κ2) is 6.33. The van der Waals surface area contributed by atoms with E-state index >= 15 is 0 Å². The van der Waals surface area contributed by atoms with Gasteiger partial charge in [-0.2, -0.15) is 0 Å². The largest absolute Gasteiger partial charge is 0.481 e. The SMILES string of the molecule is CC(=O)CCSc1ccc(CC(=O)O)cc1. The molecule has 3 nitrogen and oxygen atoms in total. The van der Waals surface area contributed by atoms with Crippen LogP contribution in [0.15, 0.2) is 29.2 Å². The van der Waals surface area contributed by atoms with E-state index in [1.807, 2.05) is 24.3 Å². The van der Waals surface area contributed by atoms with Crippen molar-refractivity contribution < 1.29 is 14.7 Å². The van der Waals surface area contributed by atoms with E-state index in [0.717, 1.165) is 16.2 Å². The van der Waals surface area contributed by atoms with Gasteiger partial charge in [-0.25, -0.2) is 0 Å². The molecule has 0 bridgehead atoms. The van der Waals surface area contributed by atoms with Gasteiger partial charge >= 0.3 is 5.97 Å². The molecular formula is C12H14O3S. The maximum atomic E-state index is 10.7. The normalized spacial score (nSPS) is 10.1. The highest BCUT2D eigenvalue weighted by Crippen LogP contribution is 2.19. The lowest BCUT2D eigenvalue weighted by Gasteiger charge is -2.01. The van der Waals surface area contributed by atoms with E-state index in [1.165, 1.54) is 0 Å². The molecular weight excluding hydrogens is 224 g/mol. The molecule has 0 spiro atoms. The predicted molar refractivity (Wildman–Crippen MR) is 63.8 cm³/mol. The van der Waals surface area contributed by atoms with E-state index in [9.17, 15) is 9.59 Å². The summed E-state index contributed by atoms with van der Waals surface area (Å²) in [7, 11) is 0. The van der Waals surface area contributed by atoms with Gasteiger partial charge in [-0.1, -0.05) is 12.1 Å². The minimum absolute atomic E-state index is 0.0540. The summed E-state index contributed by atoms with van der Waals surface area (Å²) in [6.07, 6.45) is 0.625. The summed E-state index contributed by atoms with van der Waals surface area (Å²) >= 11 is 1.61. The maximum absolute atomic E-state index is 10.7. The van der Waals surface area contributed by atoms with Gasteiger partial charge < -0.3 is 5.11 Å². The van der Waals surface area contributed by atoms with Gasteiger partial charge in [0, 0.05) is 17.1 Å². The zero-order chi connectivity index (χ0) is 12.0. The van der Waals surface area contributed by atoms with Crippen LogP contribution in [0.4, 0.5) is 0 Å². The van der Waals surface area contributed by atoms with E-state index in [-0.39, 0.29) is 12.2 Å². The Hall–Kier alpha value is -1.29. The molecule has 0 radical (unpaired) electrons. The molecule has 0 saturated heterocycles. The number of carbonyl (C=O) groups excluding carboxylic acids is 1. The fourth-order valence-corrected chi connectivity index (χ4v) is 2.14. The Kier molecular flexibility index (Phi) is 5.05. The highest BCUT2D eigenvalue weighted by molar-refractivity contribution is 7.99. The average Bonchev–Trinajstić information content (AvgIpc) is 2.19. The Morgan fingerprint density at radius 2 is 1.88 bits per heavy atom. The predicted octanol–water partition coefficient (Wildman–Crippen LogP) is 2.38. The molecule has 0 aliphatic carbocycles. The molecule has 0 aliphatic heterocycles. The number of rotatable bonds is 6. The number of ketones is 1. The van der Waals surface area contributed by atoms with E-state index in [4.69, 9.17) is 5.11 Å². The summed E-state index contributed by atoms with van der Waals surface area (Å²) in [4.78, 5) is 22.3. The Morgan fingerprint density at radius 1 is 1.25 bits per heavy atom. The molecule has 4 heteroatoms. The van der Waals surface area contributed by atoms with Crippen LogP contribution >= 0.6 is 11.8 Å². The Balaban J connectivity index is 2.45. The first kappa shape index (κ1) is 12.8. The van der Waals surface area contributed by atoms with Crippen molar-refractivity contribution in [1.29, 1.82) is 0 Å². The van der Waals surface area contributed by atoms with Crippen molar-refractivity contribution in [3.63, 3.8) is 0 Å². The molecule has 0 heterocycles. The van der Waals surface area contributed by atoms with Gasteiger partial charge in [0.1, 0.15) is 5.78 Å². The van der Waals surface area contributed by atoms with Gasteiger partial charge in [0.05, 0.1) is 6.42 Å². The number of thioether (sulfide) groups is 1. The Morgan fingerprint density at radius 3 is 2.38 bits per heavy atom. The lowest BCUT2D eigenvalue weighted by molar-refractivity contribution is -0.136. The summed E-state index contributed by atoms with van der Waals surface area (Å²) in [6, 6.07) is 7.40.